The van der Waals surface area contributed by atoms with E-state index in [9.17, 15) is 9.18 Å². The second-order valence-electron chi connectivity index (χ2n) is 5.21. The van der Waals surface area contributed by atoms with Crippen LogP contribution < -0.4 is 5.32 Å². The fourth-order valence-electron chi connectivity index (χ4n) is 2.43. The number of amides is 1. The Balaban J connectivity index is 1.65. The number of hydrogen-bond donors (Lipinski definition) is 2. The average Bonchev–Trinajstić information content (AvgIpc) is 3.25. The number of aromatic nitrogens is 4. The lowest BCUT2D eigenvalue weighted by atomic mass is 10.2. The number of halogens is 1. The van der Waals surface area contributed by atoms with Gasteiger partial charge in [0.1, 0.15) is 17.2 Å². The van der Waals surface area contributed by atoms with Crippen LogP contribution in [0.1, 0.15) is 10.5 Å². The molecule has 0 atom stereocenters. The van der Waals surface area contributed by atoms with Crippen molar-refractivity contribution in [1.29, 1.82) is 0 Å². The lowest BCUT2D eigenvalue weighted by Crippen LogP contribution is -2.13. The molecule has 1 aromatic carbocycles. The Kier molecular flexibility index (Phi) is 3.31. The summed E-state index contributed by atoms with van der Waals surface area (Å²) in [5.41, 5.74) is 2.73. The molecule has 0 aliphatic carbocycles. The zero-order chi connectivity index (χ0) is 16.5. The van der Waals surface area contributed by atoms with Crippen LogP contribution in [-0.2, 0) is 0 Å². The molecular weight excluding hydrogens is 309 g/mol. The number of hydrogen-bond acceptors (Lipinski definition) is 3. The van der Waals surface area contributed by atoms with Gasteiger partial charge >= 0.3 is 0 Å². The normalized spacial score (nSPS) is 10.9. The van der Waals surface area contributed by atoms with Gasteiger partial charge in [-0.1, -0.05) is 12.1 Å². The summed E-state index contributed by atoms with van der Waals surface area (Å²) in [6, 6.07) is 11.5. The van der Waals surface area contributed by atoms with E-state index in [0.29, 0.717) is 5.65 Å². The molecule has 6 nitrogen and oxygen atoms in total. The minimum atomic E-state index is -0.490. The third-order valence-electron chi connectivity index (χ3n) is 3.62. The molecule has 0 spiro atoms. The quantitative estimate of drug-likeness (QED) is 0.609. The van der Waals surface area contributed by atoms with Crippen molar-refractivity contribution >= 4 is 17.2 Å². The van der Waals surface area contributed by atoms with Crippen LogP contribution in [0.3, 0.4) is 0 Å². The molecular formula is C17H12FN5O. The van der Waals surface area contributed by atoms with Gasteiger partial charge in [-0.05, 0) is 30.3 Å². The van der Waals surface area contributed by atoms with Gasteiger partial charge in [0.2, 0.25) is 0 Å². The van der Waals surface area contributed by atoms with Gasteiger partial charge in [0.15, 0.2) is 0 Å². The van der Waals surface area contributed by atoms with Crippen LogP contribution >= 0.6 is 0 Å². The van der Waals surface area contributed by atoms with E-state index in [4.69, 9.17) is 0 Å². The smallest absolute Gasteiger partial charge is 0.275 e. The lowest BCUT2D eigenvalue weighted by Gasteiger charge is -2.03. The summed E-state index contributed by atoms with van der Waals surface area (Å²) in [6.07, 6.45) is 5.11. The molecule has 1 amide bonds. The van der Waals surface area contributed by atoms with Crippen LogP contribution in [0.4, 0.5) is 10.1 Å². The van der Waals surface area contributed by atoms with E-state index in [1.54, 1.807) is 35.0 Å². The molecule has 3 aromatic heterocycles. The highest BCUT2D eigenvalue weighted by molar-refractivity contribution is 6.03. The average molecular weight is 321 g/mol. The maximum absolute atomic E-state index is 13.6. The minimum Gasteiger partial charge on any atom is -0.318 e. The second-order valence-corrected chi connectivity index (χ2v) is 5.21. The van der Waals surface area contributed by atoms with Crippen molar-refractivity contribution in [2.45, 2.75) is 0 Å². The minimum absolute atomic E-state index is 0.123. The number of nitrogens with zero attached hydrogens (tertiary/aromatic N) is 3. The van der Waals surface area contributed by atoms with Gasteiger partial charge in [-0.25, -0.2) is 9.37 Å². The topological polar surface area (TPSA) is 75.1 Å². The lowest BCUT2D eigenvalue weighted by molar-refractivity contribution is 0.102. The van der Waals surface area contributed by atoms with Gasteiger partial charge < -0.3 is 9.72 Å². The highest BCUT2D eigenvalue weighted by Gasteiger charge is 2.13. The van der Waals surface area contributed by atoms with Crippen molar-refractivity contribution in [3.8, 4) is 11.3 Å². The predicted octanol–water partition coefficient (Wildman–Crippen LogP) is 3.12. The first-order valence-corrected chi connectivity index (χ1v) is 7.25. The van der Waals surface area contributed by atoms with Crippen molar-refractivity contribution in [3.63, 3.8) is 0 Å². The fourth-order valence-corrected chi connectivity index (χ4v) is 2.43. The molecule has 0 unspecified atom stereocenters. The monoisotopic (exact) mass is 321 g/mol. The molecule has 0 aliphatic rings. The Hall–Kier alpha value is -3.48. The first kappa shape index (κ1) is 14.1. The highest BCUT2D eigenvalue weighted by atomic mass is 19.1. The number of anilines is 1. The van der Waals surface area contributed by atoms with E-state index in [0.717, 1.165) is 11.3 Å². The van der Waals surface area contributed by atoms with Crippen LogP contribution in [0.2, 0.25) is 0 Å². The fraction of sp³-hybridized carbons (Fsp3) is 0. The summed E-state index contributed by atoms with van der Waals surface area (Å²) in [5.74, 6) is -0.956. The van der Waals surface area contributed by atoms with E-state index in [2.05, 4.69) is 20.5 Å². The number of rotatable bonds is 3. The number of benzene rings is 1. The van der Waals surface area contributed by atoms with Crippen molar-refractivity contribution in [3.05, 3.63) is 72.6 Å². The summed E-state index contributed by atoms with van der Waals surface area (Å²) >= 11 is 0. The third-order valence-corrected chi connectivity index (χ3v) is 3.62. The van der Waals surface area contributed by atoms with E-state index in [1.165, 1.54) is 12.1 Å². The van der Waals surface area contributed by atoms with Crippen molar-refractivity contribution in [2.24, 2.45) is 0 Å². The number of fused-ring (bicyclic) bond motifs is 1. The van der Waals surface area contributed by atoms with Gasteiger partial charge in [0, 0.05) is 24.2 Å². The molecule has 2 N–H and O–H groups in total. The standard InChI is InChI=1S/C17H12FN5O/c18-12-3-1-2-4-14(12)21-17(24)15-10-23-9-11(5-6-16(23)20-15)13-7-8-19-22-13/h1-10H,(H,19,22)(H,21,24). The summed E-state index contributed by atoms with van der Waals surface area (Å²) < 4.78 is 15.4. The Morgan fingerprint density at radius 1 is 1.12 bits per heavy atom. The number of aromatic amines is 1. The maximum atomic E-state index is 13.6. The molecule has 118 valence electrons. The highest BCUT2D eigenvalue weighted by Crippen LogP contribution is 2.18. The summed E-state index contributed by atoms with van der Waals surface area (Å²) in [7, 11) is 0. The Bertz CT molecular complexity index is 1020. The van der Waals surface area contributed by atoms with Crippen LogP contribution in [0, 0.1) is 5.82 Å². The van der Waals surface area contributed by atoms with E-state index >= 15 is 0 Å². The van der Waals surface area contributed by atoms with Gasteiger partial charge in [-0.15, -0.1) is 0 Å². The first-order valence-electron chi connectivity index (χ1n) is 7.25. The zero-order valence-electron chi connectivity index (χ0n) is 12.4. The Labute approximate surface area is 136 Å². The molecule has 0 saturated carbocycles. The molecule has 3 heterocycles. The summed E-state index contributed by atoms with van der Waals surface area (Å²) in [4.78, 5) is 16.5. The number of carbonyl (C=O) groups is 1. The predicted molar refractivity (Wildman–Crippen MR) is 87.1 cm³/mol. The number of para-hydroxylation sites is 1. The molecule has 4 aromatic rings. The van der Waals surface area contributed by atoms with Crippen LogP contribution in [0.15, 0.2) is 61.1 Å². The summed E-state index contributed by atoms with van der Waals surface area (Å²) in [5, 5.41) is 9.32. The molecule has 7 heteroatoms. The molecule has 4 rings (SSSR count). The number of pyridine rings is 1. The molecule has 0 saturated heterocycles. The zero-order valence-corrected chi connectivity index (χ0v) is 12.4. The van der Waals surface area contributed by atoms with Crippen molar-refractivity contribution < 1.29 is 9.18 Å². The van der Waals surface area contributed by atoms with E-state index in [-0.39, 0.29) is 11.4 Å². The molecule has 0 fully saturated rings. The van der Waals surface area contributed by atoms with Gasteiger partial charge in [0.25, 0.3) is 5.91 Å². The molecule has 0 radical (unpaired) electrons. The molecule has 24 heavy (non-hydrogen) atoms. The SMILES string of the molecule is O=C(Nc1ccccc1F)c1cn2cc(-c3ccn[nH]3)ccc2n1. The second kappa shape index (κ2) is 5.62. The Morgan fingerprint density at radius 2 is 2.00 bits per heavy atom. The maximum Gasteiger partial charge on any atom is 0.275 e. The van der Waals surface area contributed by atoms with Crippen LogP contribution in [-0.4, -0.2) is 25.5 Å². The number of H-pyrrole nitrogens is 1. The van der Waals surface area contributed by atoms with Crippen molar-refractivity contribution in [1.82, 2.24) is 19.6 Å². The number of nitrogens with one attached hydrogen (secondary N) is 2. The van der Waals surface area contributed by atoms with E-state index in [1.807, 2.05) is 18.3 Å². The molecule has 0 bridgehead atoms. The van der Waals surface area contributed by atoms with Gasteiger partial charge in [0.05, 0.1) is 11.4 Å². The number of carbonyl (C=O) groups excluding carboxylic acids is 1. The van der Waals surface area contributed by atoms with Gasteiger partial charge in [-0.3, -0.25) is 9.89 Å². The third kappa shape index (κ3) is 2.52. The van der Waals surface area contributed by atoms with Crippen LogP contribution in [0.25, 0.3) is 16.9 Å². The summed E-state index contributed by atoms with van der Waals surface area (Å²) in [6.45, 7) is 0. The largest absolute Gasteiger partial charge is 0.318 e. The molecule has 0 aliphatic heterocycles. The van der Waals surface area contributed by atoms with Crippen LogP contribution in [0.5, 0.6) is 0 Å². The number of imidazole rings is 1. The van der Waals surface area contributed by atoms with E-state index < -0.39 is 11.7 Å². The van der Waals surface area contributed by atoms with Gasteiger partial charge in [-0.2, -0.15) is 5.10 Å². The first-order chi connectivity index (χ1) is 11.7. The Morgan fingerprint density at radius 3 is 2.79 bits per heavy atom. The van der Waals surface area contributed by atoms with Crippen molar-refractivity contribution in [2.75, 3.05) is 5.32 Å².